The maximum atomic E-state index is 12.6. The fraction of sp³-hybridized carbons (Fsp3) is 0.692. The van der Waals surface area contributed by atoms with Gasteiger partial charge in [0.05, 0.1) is 13.2 Å². The van der Waals surface area contributed by atoms with Gasteiger partial charge in [-0.3, -0.25) is 18.6 Å². The predicted molar refractivity (Wildman–Crippen MR) is 261 cm³/mol. The van der Waals surface area contributed by atoms with Crippen molar-refractivity contribution in [2.24, 2.45) is 0 Å². The zero-order valence-electron chi connectivity index (χ0n) is 39.5. The van der Waals surface area contributed by atoms with Crippen molar-refractivity contribution in [2.75, 3.05) is 33.4 Å². The Kier molecular flexibility index (Phi) is 45.5. The summed E-state index contributed by atoms with van der Waals surface area (Å²) in [7, 11) is -2.69. The van der Waals surface area contributed by atoms with Crippen molar-refractivity contribution in [3.05, 3.63) is 85.1 Å². The van der Waals surface area contributed by atoms with Gasteiger partial charge in [-0.1, -0.05) is 189 Å². The molecule has 0 aromatic rings. The Balaban J connectivity index is 4.25. The first kappa shape index (κ1) is 59.2. The smallest absolute Gasteiger partial charge is 0.462 e. The minimum Gasteiger partial charge on any atom is -0.462 e. The molecule has 0 aromatic heterocycles. The van der Waals surface area contributed by atoms with Crippen molar-refractivity contribution in [3.8, 4) is 0 Å². The van der Waals surface area contributed by atoms with Gasteiger partial charge >= 0.3 is 19.8 Å². The van der Waals surface area contributed by atoms with E-state index in [1.165, 1.54) is 103 Å². The van der Waals surface area contributed by atoms with Crippen LogP contribution in [0.4, 0.5) is 0 Å². The van der Waals surface area contributed by atoms with Crippen molar-refractivity contribution in [3.63, 3.8) is 0 Å². The Morgan fingerprint density at radius 1 is 0.516 bits per heavy atom. The van der Waals surface area contributed by atoms with Gasteiger partial charge in [-0.25, -0.2) is 4.57 Å². The number of hydrogen-bond acceptors (Lipinski definition) is 8. The molecule has 2 N–H and O–H groups in total. The second-order valence-electron chi connectivity index (χ2n) is 15.9. The molecule has 2 atom stereocenters. The van der Waals surface area contributed by atoms with Gasteiger partial charge in [0.1, 0.15) is 6.61 Å². The fourth-order valence-corrected chi connectivity index (χ4v) is 7.09. The van der Waals surface area contributed by atoms with E-state index in [1.807, 2.05) is 12.2 Å². The quantitative estimate of drug-likeness (QED) is 0.0266. The van der Waals surface area contributed by atoms with E-state index in [0.29, 0.717) is 13.0 Å². The first-order valence-corrected chi connectivity index (χ1v) is 26.0. The van der Waals surface area contributed by atoms with Gasteiger partial charge < -0.3 is 19.7 Å². The van der Waals surface area contributed by atoms with E-state index in [1.54, 1.807) is 7.05 Å². The van der Waals surface area contributed by atoms with Gasteiger partial charge in [-0.05, 0) is 84.1 Å². The van der Waals surface area contributed by atoms with Gasteiger partial charge in [0.2, 0.25) is 0 Å². The van der Waals surface area contributed by atoms with E-state index in [0.717, 1.165) is 57.8 Å². The number of esters is 2. The van der Waals surface area contributed by atoms with E-state index < -0.39 is 32.5 Å². The molecule has 0 heterocycles. The van der Waals surface area contributed by atoms with Crippen LogP contribution >= 0.6 is 7.82 Å². The molecule has 0 saturated carbocycles. The number of allylic oxidation sites excluding steroid dienone is 14. The molecule has 0 spiro atoms. The second kappa shape index (κ2) is 47.7. The first-order chi connectivity index (χ1) is 30.3. The summed E-state index contributed by atoms with van der Waals surface area (Å²) in [5.74, 6) is -0.908. The zero-order chi connectivity index (χ0) is 45.3. The Hall–Kier alpha value is -2.81. The Morgan fingerprint density at radius 3 is 1.44 bits per heavy atom. The Labute approximate surface area is 379 Å². The molecule has 0 bridgehead atoms. The standard InChI is InChI=1S/C52H90NO8P/c1-4-6-8-10-12-14-16-18-20-22-24-25-27-28-30-32-34-36-38-40-42-44-51(54)58-48-50(49-60-62(56,57)59-47-46-53-3)61-52(55)45-43-41-39-37-35-33-31-29-26-23-21-19-17-15-13-11-9-7-5-2/h7,9,13,15,18-21,26,29,33,35,39,41,50,53H,4-6,8,10-12,14,16-17,22-25,27-28,30-32,34,36-38,40,42-49H2,1-3H3,(H,56,57)/b9-7-,15-13-,20-18-,21-19-,29-26-,35-33-,41-39-. The lowest BCUT2D eigenvalue weighted by Gasteiger charge is -2.19. The molecule has 0 rings (SSSR count). The average molecular weight is 888 g/mol. The molecule has 9 nitrogen and oxygen atoms in total. The van der Waals surface area contributed by atoms with Crippen LogP contribution in [-0.4, -0.2) is 56.3 Å². The molecule has 62 heavy (non-hydrogen) atoms. The summed E-state index contributed by atoms with van der Waals surface area (Å²) in [5, 5.41) is 2.82. The molecule has 0 fully saturated rings. The Bertz CT molecular complexity index is 1290. The van der Waals surface area contributed by atoms with Crippen LogP contribution in [0.25, 0.3) is 0 Å². The van der Waals surface area contributed by atoms with Crippen molar-refractivity contribution in [1.82, 2.24) is 5.32 Å². The summed E-state index contributed by atoms with van der Waals surface area (Å²) in [6.45, 7) is 4.02. The van der Waals surface area contributed by atoms with Crippen LogP contribution in [0, 0.1) is 0 Å². The number of likely N-dealkylation sites (N-methyl/N-ethyl adjacent to an activating group) is 1. The average Bonchev–Trinajstić information content (AvgIpc) is 3.26. The number of nitrogens with one attached hydrogen (secondary N) is 1. The van der Waals surface area contributed by atoms with Crippen LogP contribution in [0.1, 0.15) is 194 Å². The molecule has 0 radical (unpaired) electrons. The maximum Gasteiger partial charge on any atom is 0.472 e. The van der Waals surface area contributed by atoms with Crippen molar-refractivity contribution >= 4 is 19.8 Å². The molecule has 0 aliphatic rings. The van der Waals surface area contributed by atoms with E-state index in [4.69, 9.17) is 18.5 Å². The van der Waals surface area contributed by atoms with Crippen molar-refractivity contribution in [1.29, 1.82) is 0 Å². The summed E-state index contributed by atoms with van der Waals surface area (Å²) in [6.07, 6.45) is 59.4. The van der Waals surface area contributed by atoms with Crippen molar-refractivity contribution < 1.29 is 37.6 Å². The highest BCUT2D eigenvalue weighted by atomic mass is 31.2. The van der Waals surface area contributed by atoms with Gasteiger partial charge in [0.25, 0.3) is 0 Å². The van der Waals surface area contributed by atoms with Crippen LogP contribution in [0.15, 0.2) is 85.1 Å². The van der Waals surface area contributed by atoms with Crippen molar-refractivity contribution in [2.45, 2.75) is 200 Å². The number of carbonyl (C=O) groups is 2. The number of rotatable bonds is 45. The molecule has 0 aliphatic heterocycles. The molecule has 356 valence electrons. The highest BCUT2D eigenvalue weighted by molar-refractivity contribution is 7.47. The molecular formula is C52H90NO8P. The number of carbonyl (C=O) groups excluding carboxylic acids is 2. The van der Waals surface area contributed by atoms with Gasteiger partial charge in [0.15, 0.2) is 6.10 Å². The molecule has 10 heteroatoms. The third kappa shape index (κ3) is 46.7. The van der Waals surface area contributed by atoms with Crippen LogP contribution in [0.2, 0.25) is 0 Å². The van der Waals surface area contributed by atoms with Crippen LogP contribution in [0.3, 0.4) is 0 Å². The SMILES string of the molecule is CC/C=C\C/C=C\C/C=C\C/C=C\C/C=C\C/C=C\CCC(=O)OC(COC(=O)CCCCCCCCCCCCC/C=C\CCCCCCCC)COP(=O)(O)OCCNC. The fourth-order valence-electron chi connectivity index (χ4n) is 6.34. The summed E-state index contributed by atoms with van der Waals surface area (Å²) < 4.78 is 33.2. The molecule has 0 aromatic carbocycles. The van der Waals surface area contributed by atoms with E-state index >= 15 is 0 Å². The normalized spacial score (nSPS) is 13.9. The molecule has 0 amide bonds. The topological polar surface area (TPSA) is 120 Å². The Morgan fingerprint density at radius 2 is 0.952 bits per heavy atom. The largest absolute Gasteiger partial charge is 0.472 e. The molecule has 0 aliphatic carbocycles. The lowest BCUT2D eigenvalue weighted by Crippen LogP contribution is -2.29. The second-order valence-corrected chi connectivity index (χ2v) is 17.4. The van der Waals surface area contributed by atoms with E-state index in [9.17, 15) is 19.0 Å². The highest BCUT2D eigenvalue weighted by Crippen LogP contribution is 2.43. The summed E-state index contributed by atoms with van der Waals surface area (Å²) in [5.41, 5.74) is 0. The highest BCUT2D eigenvalue weighted by Gasteiger charge is 2.26. The summed E-state index contributed by atoms with van der Waals surface area (Å²) in [6, 6.07) is 0. The summed E-state index contributed by atoms with van der Waals surface area (Å²) >= 11 is 0. The third-order valence-corrected chi connectivity index (χ3v) is 11.0. The monoisotopic (exact) mass is 888 g/mol. The minimum absolute atomic E-state index is 0.0344. The summed E-state index contributed by atoms with van der Waals surface area (Å²) in [4.78, 5) is 35.2. The lowest BCUT2D eigenvalue weighted by molar-refractivity contribution is -0.161. The maximum absolute atomic E-state index is 12.6. The van der Waals surface area contributed by atoms with Gasteiger partial charge in [0, 0.05) is 19.4 Å². The van der Waals surface area contributed by atoms with E-state index in [-0.39, 0.29) is 26.1 Å². The zero-order valence-corrected chi connectivity index (χ0v) is 40.4. The minimum atomic E-state index is -4.38. The number of ether oxygens (including phenoxy) is 2. The van der Waals surface area contributed by atoms with Crippen LogP contribution in [0.5, 0.6) is 0 Å². The molecule has 2 unspecified atom stereocenters. The van der Waals surface area contributed by atoms with E-state index in [2.05, 4.69) is 92.1 Å². The lowest BCUT2D eigenvalue weighted by atomic mass is 10.0. The number of hydrogen-bond donors (Lipinski definition) is 2. The number of unbranched alkanes of at least 4 members (excludes halogenated alkanes) is 17. The number of phosphoric ester groups is 1. The third-order valence-electron chi connectivity index (χ3n) is 10.0. The molecular weight excluding hydrogens is 798 g/mol. The predicted octanol–water partition coefficient (Wildman–Crippen LogP) is 14.7. The number of phosphoric acid groups is 1. The van der Waals surface area contributed by atoms with Gasteiger partial charge in [-0.2, -0.15) is 0 Å². The van der Waals surface area contributed by atoms with Gasteiger partial charge in [-0.15, -0.1) is 0 Å². The van der Waals surface area contributed by atoms with Crippen LogP contribution < -0.4 is 5.32 Å². The van der Waals surface area contributed by atoms with Crippen LogP contribution in [-0.2, 0) is 32.7 Å². The molecule has 0 saturated heterocycles. The first-order valence-electron chi connectivity index (χ1n) is 24.5.